The van der Waals surface area contributed by atoms with Crippen LogP contribution in [0.25, 0.3) is 10.9 Å². The molecule has 2 fully saturated rings. The predicted molar refractivity (Wildman–Crippen MR) is 104 cm³/mol. The number of aryl methyl sites for hydroxylation is 1. The van der Waals surface area contributed by atoms with E-state index in [1.54, 1.807) is 4.57 Å². The average molecular weight is 367 g/mol. The highest BCUT2D eigenvalue weighted by molar-refractivity contribution is 5.83. The zero-order chi connectivity index (χ0) is 19.0. The summed E-state index contributed by atoms with van der Waals surface area (Å²) >= 11 is 0. The number of hydrogen-bond acceptors (Lipinski definition) is 5. The van der Waals surface area contributed by atoms with Crippen molar-refractivity contribution in [2.75, 3.05) is 19.6 Å². The molecule has 4 rings (SSSR count). The summed E-state index contributed by atoms with van der Waals surface area (Å²) in [4.78, 5) is 27.3. The van der Waals surface area contributed by atoms with Crippen molar-refractivity contribution in [2.45, 2.75) is 44.7 Å². The summed E-state index contributed by atoms with van der Waals surface area (Å²) in [6, 6.07) is 6.32. The average Bonchev–Trinajstić information content (AvgIpc) is 3.33. The second kappa shape index (κ2) is 7.29. The van der Waals surface area contributed by atoms with Crippen molar-refractivity contribution >= 4 is 10.9 Å². The highest BCUT2D eigenvalue weighted by Crippen LogP contribution is 2.38. The van der Waals surface area contributed by atoms with Crippen LogP contribution in [-0.4, -0.2) is 29.2 Å². The Morgan fingerprint density at radius 2 is 2.15 bits per heavy atom. The van der Waals surface area contributed by atoms with Gasteiger partial charge in [-0.2, -0.15) is 5.26 Å². The van der Waals surface area contributed by atoms with Gasteiger partial charge >= 0.3 is 5.69 Å². The molecule has 27 heavy (non-hydrogen) atoms. The Hall–Kier alpha value is -2.43. The van der Waals surface area contributed by atoms with Crippen molar-refractivity contribution in [3.8, 4) is 6.07 Å². The first kappa shape index (κ1) is 18.0. The highest BCUT2D eigenvalue weighted by Gasteiger charge is 2.31. The molecule has 2 aromatic rings. The number of hydrogen-bond donors (Lipinski definition) is 3. The Bertz CT molecular complexity index is 1010. The van der Waals surface area contributed by atoms with E-state index < -0.39 is 0 Å². The van der Waals surface area contributed by atoms with Crippen molar-refractivity contribution < 1.29 is 0 Å². The molecule has 2 atom stereocenters. The van der Waals surface area contributed by atoms with E-state index in [0.717, 1.165) is 49.0 Å². The van der Waals surface area contributed by atoms with Crippen LogP contribution in [0.1, 0.15) is 48.9 Å². The quantitative estimate of drug-likeness (QED) is 0.671. The molecule has 3 N–H and O–H groups in total. The van der Waals surface area contributed by atoms with Crippen LogP contribution < -0.4 is 21.9 Å². The van der Waals surface area contributed by atoms with Crippen molar-refractivity contribution in [2.24, 2.45) is 5.92 Å². The maximum Gasteiger partial charge on any atom is 0.329 e. The van der Waals surface area contributed by atoms with Crippen LogP contribution in [0.5, 0.6) is 0 Å². The van der Waals surface area contributed by atoms with Gasteiger partial charge in [0.2, 0.25) is 0 Å². The Balaban J connectivity index is 1.86. The number of nitriles is 1. The lowest BCUT2D eigenvalue weighted by atomic mass is 9.88. The van der Waals surface area contributed by atoms with Gasteiger partial charge in [0.1, 0.15) is 0 Å². The third-order valence-electron chi connectivity index (χ3n) is 5.82. The molecule has 2 aliphatic rings. The molecule has 0 radical (unpaired) electrons. The second-order valence-electron chi connectivity index (χ2n) is 7.63. The summed E-state index contributed by atoms with van der Waals surface area (Å²) in [6.07, 6.45) is 3.46. The summed E-state index contributed by atoms with van der Waals surface area (Å²) in [6.45, 7) is 4.55. The van der Waals surface area contributed by atoms with Gasteiger partial charge in [-0.3, -0.25) is 14.3 Å². The monoisotopic (exact) mass is 367 g/mol. The van der Waals surface area contributed by atoms with Crippen LogP contribution in [0.3, 0.4) is 0 Å². The fourth-order valence-electron chi connectivity index (χ4n) is 4.33. The van der Waals surface area contributed by atoms with Crippen LogP contribution in [-0.2, 0) is 0 Å². The molecule has 2 unspecified atom stereocenters. The fourth-order valence-corrected chi connectivity index (χ4v) is 4.33. The van der Waals surface area contributed by atoms with Gasteiger partial charge in [-0.05, 0) is 62.4 Å². The maximum absolute atomic E-state index is 12.5. The summed E-state index contributed by atoms with van der Waals surface area (Å²) in [5.74, 6) is 0.419. The second-order valence-corrected chi connectivity index (χ2v) is 7.63. The van der Waals surface area contributed by atoms with Gasteiger partial charge in [0, 0.05) is 25.0 Å². The molecule has 1 aromatic carbocycles. The summed E-state index contributed by atoms with van der Waals surface area (Å²) in [5, 5.41) is 16.4. The number of aromatic nitrogens is 2. The molecule has 1 saturated carbocycles. The van der Waals surface area contributed by atoms with Crippen LogP contribution in [0.15, 0.2) is 21.7 Å². The number of aromatic amines is 1. The molecule has 0 amide bonds. The first-order chi connectivity index (χ1) is 13.1. The molecule has 7 nitrogen and oxygen atoms in total. The van der Waals surface area contributed by atoms with Crippen LogP contribution in [0, 0.1) is 24.2 Å². The van der Waals surface area contributed by atoms with Gasteiger partial charge in [0.05, 0.1) is 17.0 Å². The van der Waals surface area contributed by atoms with Gasteiger partial charge in [-0.25, -0.2) is 4.79 Å². The highest BCUT2D eigenvalue weighted by atomic mass is 16.2. The largest absolute Gasteiger partial charge is 0.329 e. The van der Waals surface area contributed by atoms with Crippen LogP contribution in [0.4, 0.5) is 0 Å². The molecule has 1 saturated heterocycles. The molecule has 1 aliphatic heterocycles. The molecule has 0 bridgehead atoms. The van der Waals surface area contributed by atoms with Crippen LogP contribution in [0.2, 0.25) is 0 Å². The number of benzene rings is 1. The molecule has 0 spiro atoms. The zero-order valence-corrected chi connectivity index (χ0v) is 15.5. The van der Waals surface area contributed by atoms with Crippen molar-refractivity contribution in [1.29, 1.82) is 5.26 Å². The van der Waals surface area contributed by atoms with E-state index in [9.17, 15) is 9.59 Å². The topological polar surface area (TPSA) is 103 Å². The smallest absolute Gasteiger partial charge is 0.316 e. The lowest BCUT2D eigenvalue weighted by Gasteiger charge is -2.27. The molecule has 7 heteroatoms. The van der Waals surface area contributed by atoms with Gasteiger partial charge < -0.3 is 10.6 Å². The molecular weight excluding hydrogens is 342 g/mol. The Kier molecular flexibility index (Phi) is 4.85. The van der Waals surface area contributed by atoms with E-state index in [-0.39, 0.29) is 23.3 Å². The van der Waals surface area contributed by atoms with Gasteiger partial charge in [0.15, 0.2) is 0 Å². The lowest BCUT2D eigenvalue weighted by molar-refractivity contribution is 0.387. The summed E-state index contributed by atoms with van der Waals surface area (Å²) in [5.41, 5.74) is 2.24. The predicted octanol–water partition coefficient (Wildman–Crippen LogP) is 1.49. The summed E-state index contributed by atoms with van der Waals surface area (Å²) < 4.78 is 1.77. The van der Waals surface area contributed by atoms with E-state index in [1.807, 2.05) is 19.1 Å². The number of fused-ring (bicyclic) bond motifs is 1. The lowest BCUT2D eigenvalue weighted by Crippen LogP contribution is -2.33. The van der Waals surface area contributed by atoms with Gasteiger partial charge in [-0.1, -0.05) is 6.07 Å². The van der Waals surface area contributed by atoms with Crippen molar-refractivity contribution in [3.63, 3.8) is 0 Å². The van der Waals surface area contributed by atoms with Crippen molar-refractivity contribution in [1.82, 2.24) is 20.2 Å². The zero-order valence-electron chi connectivity index (χ0n) is 15.5. The van der Waals surface area contributed by atoms with E-state index in [4.69, 9.17) is 5.26 Å². The number of H-pyrrole nitrogens is 1. The van der Waals surface area contributed by atoms with Gasteiger partial charge in [0.25, 0.3) is 5.56 Å². The molecule has 2 heterocycles. The van der Waals surface area contributed by atoms with Crippen LogP contribution >= 0.6 is 0 Å². The van der Waals surface area contributed by atoms with Crippen molar-refractivity contribution in [3.05, 3.63) is 44.1 Å². The molecule has 1 aliphatic carbocycles. The van der Waals surface area contributed by atoms with E-state index >= 15 is 0 Å². The molecule has 1 aromatic heterocycles. The number of nitrogens with one attached hydrogen (secondary N) is 3. The number of nitrogens with zero attached hydrogens (tertiary/aromatic N) is 2. The number of rotatable bonds is 6. The fraction of sp³-hybridized carbons (Fsp3) is 0.550. The Morgan fingerprint density at radius 1 is 1.33 bits per heavy atom. The van der Waals surface area contributed by atoms with E-state index in [1.165, 1.54) is 0 Å². The maximum atomic E-state index is 12.5. The first-order valence-electron chi connectivity index (χ1n) is 9.71. The minimum atomic E-state index is -0.321. The van der Waals surface area contributed by atoms with E-state index in [0.29, 0.717) is 24.3 Å². The standard InChI is InChI=1S/C20H25N5O2/c1-12-15(17(23-9-2-8-21)13-7-10-22-11-13)5-6-16-18(12)25(14-3-4-14)20(27)24-19(16)26/h5-6,13-14,17,22-23H,2-4,7,9-11H2,1H3,(H,24,26,27). The molecular formula is C20H25N5O2. The summed E-state index contributed by atoms with van der Waals surface area (Å²) in [7, 11) is 0. The Labute approximate surface area is 157 Å². The minimum absolute atomic E-state index is 0.0970. The Morgan fingerprint density at radius 3 is 2.81 bits per heavy atom. The molecule has 142 valence electrons. The minimum Gasteiger partial charge on any atom is -0.316 e. The first-order valence-corrected chi connectivity index (χ1v) is 9.71. The SMILES string of the molecule is Cc1c(C(NCCC#N)C2CCNC2)ccc2c(=O)[nH]c(=O)n(C3CC3)c12. The normalized spacial score (nSPS) is 20.7. The third-order valence-corrected chi connectivity index (χ3v) is 5.82. The third kappa shape index (κ3) is 3.31. The van der Waals surface area contributed by atoms with Gasteiger partial charge in [-0.15, -0.1) is 0 Å². The van der Waals surface area contributed by atoms with E-state index in [2.05, 4.69) is 21.7 Å².